The molecule has 2 amide bonds. The number of methoxy groups -OCH3 is 2. The molecule has 1 aromatic carbocycles. The summed E-state index contributed by atoms with van der Waals surface area (Å²) in [4.78, 5) is 29.5. The summed E-state index contributed by atoms with van der Waals surface area (Å²) in [7, 11) is 7.20. The molecule has 0 spiro atoms. The molecule has 0 bridgehead atoms. The van der Waals surface area contributed by atoms with Gasteiger partial charge in [-0.15, -0.1) is 0 Å². The van der Waals surface area contributed by atoms with Gasteiger partial charge in [-0.2, -0.15) is 0 Å². The number of hydrogen-bond acceptors (Lipinski definition) is 5. The predicted octanol–water partition coefficient (Wildman–Crippen LogP) is 1.68. The number of amides is 2. The van der Waals surface area contributed by atoms with Gasteiger partial charge in [-0.25, -0.2) is 0 Å². The van der Waals surface area contributed by atoms with Gasteiger partial charge in [0.2, 0.25) is 11.8 Å². The van der Waals surface area contributed by atoms with Crippen molar-refractivity contribution in [2.75, 3.05) is 47.9 Å². The zero-order chi connectivity index (χ0) is 20.9. The van der Waals surface area contributed by atoms with E-state index in [1.165, 1.54) is 0 Å². The first-order valence-electron chi connectivity index (χ1n) is 9.67. The Balaban J connectivity index is 2.05. The van der Waals surface area contributed by atoms with Gasteiger partial charge in [0, 0.05) is 19.6 Å². The second-order valence-electron chi connectivity index (χ2n) is 7.99. The first kappa shape index (κ1) is 22.0. The van der Waals surface area contributed by atoms with Crippen molar-refractivity contribution in [1.82, 2.24) is 15.1 Å². The summed E-state index contributed by atoms with van der Waals surface area (Å²) in [6.45, 7) is 5.89. The van der Waals surface area contributed by atoms with Crippen molar-refractivity contribution >= 4 is 11.8 Å². The number of fused-ring (bicyclic) bond motifs is 1. The van der Waals surface area contributed by atoms with Gasteiger partial charge in [-0.3, -0.25) is 9.59 Å². The van der Waals surface area contributed by atoms with Gasteiger partial charge in [0.05, 0.1) is 14.2 Å². The van der Waals surface area contributed by atoms with E-state index < -0.39 is 5.41 Å². The van der Waals surface area contributed by atoms with Crippen molar-refractivity contribution in [1.29, 1.82) is 0 Å². The molecule has 1 N–H and O–H groups in total. The number of nitrogens with zero attached hydrogens (tertiary/aromatic N) is 2. The zero-order valence-corrected chi connectivity index (χ0v) is 17.9. The Bertz CT molecular complexity index is 716. The quantitative estimate of drug-likeness (QED) is 0.539. The molecule has 0 atom stereocenters. The number of hydrogen-bond donors (Lipinski definition) is 1. The largest absolute Gasteiger partial charge is 0.493 e. The maximum Gasteiger partial charge on any atom is 0.238 e. The van der Waals surface area contributed by atoms with Crippen LogP contribution in [0.15, 0.2) is 12.1 Å². The summed E-state index contributed by atoms with van der Waals surface area (Å²) in [6, 6.07) is 3.89. The van der Waals surface area contributed by atoms with Gasteiger partial charge in [0.1, 0.15) is 5.41 Å². The lowest BCUT2D eigenvalue weighted by atomic mass is 9.88. The van der Waals surface area contributed by atoms with E-state index in [-0.39, 0.29) is 11.8 Å². The fourth-order valence-corrected chi connectivity index (χ4v) is 3.37. The minimum atomic E-state index is -1.10. The smallest absolute Gasteiger partial charge is 0.238 e. The van der Waals surface area contributed by atoms with Crippen LogP contribution >= 0.6 is 0 Å². The Kier molecular flexibility index (Phi) is 7.29. The summed E-state index contributed by atoms with van der Waals surface area (Å²) in [6.07, 6.45) is 1.57. The Hall–Kier alpha value is -2.28. The molecule has 7 nitrogen and oxygen atoms in total. The molecule has 0 saturated heterocycles. The van der Waals surface area contributed by atoms with E-state index in [2.05, 4.69) is 10.2 Å². The van der Waals surface area contributed by atoms with Gasteiger partial charge < -0.3 is 24.6 Å². The van der Waals surface area contributed by atoms with E-state index in [1.54, 1.807) is 33.0 Å². The van der Waals surface area contributed by atoms with Gasteiger partial charge in [-0.05, 0) is 70.6 Å². The molecule has 0 fully saturated rings. The number of nitrogens with one attached hydrogen (secondary N) is 1. The summed E-state index contributed by atoms with van der Waals surface area (Å²) in [5, 5.41) is 2.90. The van der Waals surface area contributed by atoms with E-state index >= 15 is 0 Å². The van der Waals surface area contributed by atoms with Crippen molar-refractivity contribution in [3.8, 4) is 11.5 Å². The third kappa shape index (κ3) is 4.95. The van der Waals surface area contributed by atoms with Crippen LogP contribution in [0.4, 0.5) is 0 Å². The van der Waals surface area contributed by atoms with E-state index in [9.17, 15) is 9.59 Å². The Morgan fingerprint density at radius 1 is 1.14 bits per heavy atom. The lowest BCUT2D eigenvalue weighted by Crippen LogP contribution is -2.51. The standard InChI is InChI=1S/C21H33N3O4/c1-21(2,19(25)22-9-7-10-23(3)4)20(26)24-11-8-15-12-17(27-5)18(28-6)13-16(15)14-24/h12-13H,7-11,14H2,1-6H3,(H,22,25). The fraction of sp³-hybridized carbons (Fsp3) is 0.619. The monoisotopic (exact) mass is 391 g/mol. The molecular formula is C21H33N3O4. The normalized spacial score (nSPS) is 13.9. The second kappa shape index (κ2) is 9.28. The molecule has 1 aliphatic heterocycles. The Labute approximate surface area is 168 Å². The van der Waals surface area contributed by atoms with Crippen LogP contribution in [0.1, 0.15) is 31.4 Å². The van der Waals surface area contributed by atoms with Crippen molar-refractivity contribution < 1.29 is 19.1 Å². The van der Waals surface area contributed by atoms with Crippen molar-refractivity contribution in [3.63, 3.8) is 0 Å². The minimum Gasteiger partial charge on any atom is -0.493 e. The van der Waals surface area contributed by atoms with Crippen molar-refractivity contribution in [3.05, 3.63) is 23.3 Å². The maximum absolute atomic E-state index is 13.1. The molecule has 1 aliphatic rings. The van der Waals surface area contributed by atoms with Crippen LogP contribution in [0.2, 0.25) is 0 Å². The fourth-order valence-electron chi connectivity index (χ4n) is 3.37. The molecule has 0 radical (unpaired) electrons. The van der Waals surface area contributed by atoms with Gasteiger partial charge in [0.25, 0.3) is 0 Å². The first-order valence-corrected chi connectivity index (χ1v) is 9.67. The summed E-state index contributed by atoms with van der Waals surface area (Å²) >= 11 is 0. The summed E-state index contributed by atoms with van der Waals surface area (Å²) in [5.74, 6) is 0.958. The van der Waals surface area contributed by atoms with Gasteiger partial charge in [0.15, 0.2) is 11.5 Å². The van der Waals surface area contributed by atoms with Crippen LogP contribution < -0.4 is 14.8 Å². The second-order valence-corrected chi connectivity index (χ2v) is 7.99. The molecule has 7 heteroatoms. The zero-order valence-electron chi connectivity index (χ0n) is 17.9. The van der Waals surface area contributed by atoms with Gasteiger partial charge >= 0.3 is 0 Å². The van der Waals surface area contributed by atoms with Crippen molar-refractivity contribution in [2.24, 2.45) is 5.41 Å². The average molecular weight is 392 g/mol. The maximum atomic E-state index is 13.1. The summed E-state index contributed by atoms with van der Waals surface area (Å²) in [5.41, 5.74) is 1.07. The number of carbonyl (C=O) groups excluding carboxylic acids is 2. The first-order chi connectivity index (χ1) is 13.2. The van der Waals surface area contributed by atoms with Crippen LogP contribution in [0.25, 0.3) is 0 Å². The Morgan fingerprint density at radius 2 is 1.75 bits per heavy atom. The molecule has 0 unspecified atom stereocenters. The van der Waals surface area contributed by atoms with Crippen LogP contribution in [0, 0.1) is 5.41 Å². The molecular weight excluding hydrogens is 358 g/mol. The molecule has 0 aliphatic carbocycles. The number of carbonyl (C=O) groups is 2. The molecule has 28 heavy (non-hydrogen) atoms. The highest BCUT2D eigenvalue weighted by atomic mass is 16.5. The molecule has 0 aromatic heterocycles. The third-order valence-corrected chi connectivity index (χ3v) is 5.18. The van der Waals surface area contributed by atoms with Crippen LogP contribution in [0.5, 0.6) is 11.5 Å². The van der Waals surface area contributed by atoms with Crippen LogP contribution in [-0.2, 0) is 22.6 Å². The highest BCUT2D eigenvalue weighted by Gasteiger charge is 2.40. The van der Waals surface area contributed by atoms with Crippen LogP contribution in [-0.4, -0.2) is 69.6 Å². The van der Waals surface area contributed by atoms with E-state index in [1.807, 2.05) is 26.2 Å². The molecule has 1 heterocycles. The lowest BCUT2D eigenvalue weighted by Gasteiger charge is -2.35. The minimum absolute atomic E-state index is 0.155. The number of benzene rings is 1. The Morgan fingerprint density at radius 3 is 2.32 bits per heavy atom. The third-order valence-electron chi connectivity index (χ3n) is 5.18. The molecule has 1 aromatic rings. The van der Waals surface area contributed by atoms with Crippen molar-refractivity contribution in [2.45, 2.75) is 33.2 Å². The SMILES string of the molecule is COc1cc2c(cc1OC)CN(C(=O)C(C)(C)C(=O)NCCCN(C)C)CC2. The lowest BCUT2D eigenvalue weighted by molar-refractivity contribution is -0.149. The topological polar surface area (TPSA) is 71.1 Å². The number of rotatable bonds is 8. The summed E-state index contributed by atoms with van der Waals surface area (Å²) < 4.78 is 10.7. The highest BCUT2D eigenvalue weighted by molar-refractivity contribution is 6.04. The number of ether oxygens (including phenoxy) is 2. The molecule has 2 rings (SSSR count). The van der Waals surface area contributed by atoms with E-state index in [4.69, 9.17) is 9.47 Å². The van der Waals surface area contributed by atoms with E-state index in [0.29, 0.717) is 31.1 Å². The average Bonchev–Trinajstić information content (AvgIpc) is 2.68. The van der Waals surface area contributed by atoms with Crippen LogP contribution in [0.3, 0.4) is 0 Å². The highest BCUT2D eigenvalue weighted by Crippen LogP contribution is 2.34. The molecule has 156 valence electrons. The molecule has 0 saturated carbocycles. The van der Waals surface area contributed by atoms with E-state index in [0.717, 1.165) is 30.5 Å². The van der Waals surface area contributed by atoms with Gasteiger partial charge in [-0.1, -0.05) is 0 Å². The predicted molar refractivity (Wildman–Crippen MR) is 109 cm³/mol.